The van der Waals surface area contributed by atoms with E-state index in [1.54, 1.807) is 41.5 Å². The Balaban J connectivity index is 5.55. The van der Waals surface area contributed by atoms with Crippen molar-refractivity contribution in [3.63, 3.8) is 0 Å². The van der Waals surface area contributed by atoms with Crippen LogP contribution in [0.5, 0.6) is 0 Å². The van der Waals surface area contributed by atoms with E-state index in [2.05, 4.69) is 4.72 Å². The first kappa shape index (κ1) is 25.4. The van der Waals surface area contributed by atoms with E-state index in [0.29, 0.717) is 6.42 Å². The molecule has 4 nitrogen and oxygen atoms in total. The zero-order valence-electron chi connectivity index (χ0n) is 17.0. The number of esters is 1. The maximum atomic E-state index is 13.7. The number of carbonyl (C=O) groups is 1. The molecule has 1 N–H and O–H groups in total. The fourth-order valence-corrected chi connectivity index (χ4v) is 3.14. The monoisotopic (exact) mass is 401 g/mol. The minimum Gasteiger partial charge on any atom is -0.460 e. The van der Waals surface area contributed by atoms with Gasteiger partial charge in [0.2, 0.25) is 0 Å². The fourth-order valence-electron chi connectivity index (χ4n) is 2.26. The van der Waals surface area contributed by atoms with Crippen LogP contribution < -0.4 is 4.72 Å². The highest BCUT2D eigenvalue weighted by atomic mass is 32.2. The van der Waals surface area contributed by atoms with Crippen LogP contribution in [0, 0.1) is 5.92 Å². The van der Waals surface area contributed by atoms with Gasteiger partial charge in [-0.2, -0.15) is 13.2 Å². The molecule has 156 valence electrons. The lowest BCUT2D eigenvalue weighted by Crippen LogP contribution is -2.54. The highest BCUT2D eigenvalue weighted by Gasteiger charge is 2.49. The van der Waals surface area contributed by atoms with Gasteiger partial charge in [0, 0.05) is 0 Å². The van der Waals surface area contributed by atoms with Crippen molar-refractivity contribution >= 4 is 17.0 Å². The molecule has 0 saturated carbocycles. The third-order valence-corrected chi connectivity index (χ3v) is 5.20. The minimum absolute atomic E-state index is 0.0352. The maximum absolute atomic E-state index is 13.7. The summed E-state index contributed by atoms with van der Waals surface area (Å²) in [6.45, 7) is 11.6. The van der Waals surface area contributed by atoms with E-state index < -0.39 is 45.4 Å². The second-order valence-electron chi connectivity index (χ2n) is 8.51. The number of nitrogens with one attached hydrogen (secondary N) is 1. The molecule has 0 aromatic carbocycles. The molecule has 0 aliphatic carbocycles. The number of halogens is 3. The predicted molar refractivity (Wildman–Crippen MR) is 99.0 cm³/mol. The van der Waals surface area contributed by atoms with Crippen molar-refractivity contribution in [1.29, 1.82) is 0 Å². The van der Waals surface area contributed by atoms with Gasteiger partial charge in [0.15, 0.2) is 0 Å². The Bertz CT molecular complexity index is 468. The van der Waals surface area contributed by atoms with Gasteiger partial charge >= 0.3 is 12.1 Å². The molecule has 0 amide bonds. The van der Waals surface area contributed by atoms with E-state index in [1.165, 1.54) is 0 Å². The SMILES string of the molecule is CCCCCC[C@@H](C(=O)OC(C)(C)C)[C@@H](N[S@](=O)C(C)(C)C)C(F)(F)F. The first-order valence-electron chi connectivity index (χ1n) is 9.07. The third-order valence-electron chi connectivity index (χ3n) is 3.62. The summed E-state index contributed by atoms with van der Waals surface area (Å²) in [4.78, 5) is 12.5. The van der Waals surface area contributed by atoms with Gasteiger partial charge in [0.05, 0.1) is 21.7 Å². The van der Waals surface area contributed by atoms with Crippen molar-refractivity contribution in [2.45, 2.75) is 103 Å². The van der Waals surface area contributed by atoms with E-state index in [9.17, 15) is 22.2 Å². The molecule has 0 heterocycles. The molecule has 0 spiro atoms. The van der Waals surface area contributed by atoms with Gasteiger partial charge in [-0.3, -0.25) is 4.79 Å². The predicted octanol–water partition coefficient (Wildman–Crippen LogP) is 4.90. The quantitative estimate of drug-likeness (QED) is 0.442. The van der Waals surface area contributed by atoms with Gasteiger partial charge in [-0.15, -0.1) is 0 Å². The van der Waals surface area contributed by atoms with Crippen LogP contribution in [-0.2, 0) is 20.5 Å². The lowest BCUT2D eigenvalue weighted by atomic mass is 9.93. The van der Waals surface area contributed by atoms with E-state index in [4.69, 9.17) is 4.74 Å². The summed E-state index contributed by atoms with van der Waals surface area (Å²) in [5.41, 5.74) is -0.891. The molecule has 0 saturated heterocycles. The van der Waals surface area contributed by atoms with Crippen molar-refractivity contribution in [2.24, 2.45) is 5.92 Å². The summed E-state index contributed by atoms with van der Waals surface area (Å²) in [5.74, 6) is -2.34. The van der Waals surface area contributed by atoms with Crippen molar-refractivity contribution in [1.82, 2.24) is 4.72 Å². The van der Waals surface area contributed by atoms with Crippen LogP contribution in [0.2, 0.25) is 0 Å². The fraction of sp³-hybridized carbons (Fsp3) is 0.944. The molecule has 8 heteroatoms. The zero-order chi connectivity index (χ0) is 20.8. The molecule has 26 heavy (non-hydrogen) atoms. The van der Waals surface area contributed by atoms with E-state index >= 15 is 0 Å². The lowest BCUT2D eigenvalue weighted by Gasteiger charge is -2.32. The molecule has 0 fully saturated rings. The van der Waals surface area contributed by atoms with E-state index in [-0.39, 0.29) is 6.42 Å². The van der Waals surface area contributed by atoms with Crippen molar-refractivity contribution < 1.29 is 26.9 Å². The Morgan fingerprint density at radius 3 is 1.96 bits per heavy atom. The van der Waals surface area contributed by atoms with Crippen LogP contribution in [0.15, 0.2) is 0 Å². The smallest absolute Gasteiger partial charge is 0.405 e. The van der Waals surface area contributed by atoms with E-state index in [1.807, 2.05) is 6.92 Å². The summed E-state index contributed by atoms with van der Waals surface area (Å²) in [6, 6.07) is -2.21. The normalized spacial score (nSPS) is 16.8. The lowest BCUT2D eigenvalue weighted by molar-refractivity contribution is -0.185. The molecule has 0 aromatic heterocycles. The largest absolute Gasteiger partial charge is 0.460 e. The average Bonchev–Trinajstić information content (AvgIpc) is 2.41. The highest BCUT2D eigenvalue weighted by molar-refractivity contribution is 7.84. The molecule has 0 unspecified atom stereocenters. The number of hydrogen-bond donors (Lipinski definition) is 1. The standard InChI is InChI=1S/C18H34F3NO3S/c1-8-9-10-11-12-13(15(23)25-16(2,3)4)14(18(19,20)21)22-26(24)17(5,6)7/h13-14,22H,8-12H2,1-7H3/t13-,14-,26-/m1/s1. The Morgan fingerprint density at radius 2 is 1.58 bits per heavy atom. The van der Waals surface area contributed by atoms with Crippen LogP contribution in [0.3, 0.4) is 0 Å². The molecule has 0 radical (unpaired) electrons. The van der Waals surface area contributed by atoms with E-state index in [0.717, 1.165) is 19.3 Å². The van der Waals surface area contributed by atoms with Gasteiger partial charge in [-0.05, 0) is 48.0 Å². The maximum Gasteiger partial charge on any atom is 0.405 e. The molecule has 0 aromatic rings. The van der Waals surface area contributed by atoms with Crippen LogP contribution in [0.1, 0.15) is 80.6 Å². The molecular weight excluding hydrogens is 367 g/mol. The summed E-state index contributed by atoms with van der Waals surface area (Å²) in [5, 5.41) is 0. The zero-order valence-corrected chi connectivity index (χ0v) is 17.8. The Labute approximate surface area is 158 Å². The number of ether oxygens (including phenoxy) is 1. The number of unbranched alkanes of at least 4 members (excludes halogenated alkanes) is 3. The Hall–Kier alpha value is -0.630. The summed E-state index contributed by atoms with van der Waals surface area (Å²) < 4.78 is 59.8. The molecule has 3 atom stereocenters. The van der Waals surface area contributed by atoms with Crippen molar-refractivity contribution in [3.8, 4) is 0 Å². The molecular formula is C18H34F3NO3S. The van der Waals surface area contributed by atoms with Crippen LogP contribution >= 0.6 is 0 Å². The first-order valence-corrected chi connectivity index (χ1v) is 10.2. The van der Waals surface area contributed by atoms with Crippen LogP contribution in [0.25, 0.3) is 0 Å². The average molecular weight is 402 g/mol. The second kappa shape index (κ2) is 10.1. The summed E-state index contributed by atoms with van der Waals surface area (Å²) in [7, 11) is -1.96. The van der Waals surface area contributed by atoms with Gasteiger partial charge in [0.25, 0.3) is 0 Å². The topological polar surface area (TPSA) is 55.4 Å². The first-order chi connectivity index (χ1) is 11.6. The molecule has 0 bridgehead atoms. The Kier molecular flexibility index (Phi) is 9.82. The summed E-state index contributed by atoms with van der Waals surface area (Å²) in [6.07, 6.45) is -1.64. The van der Waals surface area contributed by atoms with Gasteiger partial charge in [-0.25, -0.2) is 8.93 Å². The third kappa shape index (κ3) is 9.90. The number of alkyl halides is 3. The van der Waals surface area contributed by atoms with Gasteiger partial charge < -0.3 is 4.74 Å². The van der Waals surface area contributed by atoms with Gasteiger partial charge in [-0.1, -0.05) is 32.6 Å². The summed E-state index contributed by atoms with van der Waals surface area (Å²) >= 11 is 0. The van der Waals surface area contributed by atoms with Crippen LogP contribution in [-0.4, -0.2) is 32.7 Å². The highest BCUT2D eigenvalue weighted by Crippen LogP contribution is 2.32. The minimum atomic E-state index is -4.72. The number of hydrogen-bond acceptors (Lipinski definition) is 3. The number of carbonyl (C=O) groups excluding carboxylic acids is 1. The number of rotatable bonds is 9. The van der Waals surface area contributed by atoms with Crippen molar-refractivity contribution in [2.75, 3.05) is 0 Å². The second-order valence-corrected chi connectivity index (χ2v) is 10.5. The molecule has 0 aliphatic rings. The Morgan fingerprint density at radius 1 is 1.04 bits per heavy atom. The van der Waals surface area contributed by atoms with Crippen molar-refractivity contribution in [3.05, 3.63) is 0 Å². The van der Waals surface area contributed by atoms with Crippen LogP contribution in [0.4, 0.5) is 13.2 Å². The molecule has 0 aliphatic heterocycles. The molecule has 0 rings (SSSR count). The van der Waals surface area contributed by atoms with Gasteiger partial charge in [0.1, 0.15) is 11.6 Å².